The highest BCUT2D eigenvalue weighted by Gasteiger charge is 2.60. The van der Waals surface area contributed by atoms with Gasteiger partial charge in [-0.3, -0.25) is 0 Å². The van der Waals surface area contributed by atoms with Crippen molar-refractivity contribution in [2.45, 2.75) is 220 Å². The number of anilines is 10. The summed E-state index contributed by atoms with van der Waals surface area (Å²) in [5.74, 6) is 0. The van der Waals surface area contributed by atoms with Gasteiger partial charge >= 0.3 is 0 Å². The zero-order chi connectivity index (χ0) is 57.5. The van der Waals surface area contributed by atoms with Crippen molar-refractivity contribution in [2.24, 2.45) is 0 Å². The second-order valence-corrected chi connectivity index (χ2v) is 31.1. The number of nitrogens with zero attached hydrogens (tertiary/aromatic N) is 4. The van der Waals surface area contributed by atoms with Crippen LogP contribution in [0.4, 0.5) is 56.9 Å². The van der Waals surface area contributed by atoms with E-state index in [1.165, 1.54) is 156 Å². The highest BCUT2D eigenvalue weighted by molar-refractivity contribution is 7.00. The quantitative estimate of drug-likeness (QED) is 0.163. The van der Waals surface area contributed by atoms with E-state index in [9.17, 15) is 0 Å². The van der Waals surface area contributed by atoms with Crippen molar-refractivity contribution in [2.75, 3.05) is 19.6 Å². The first-order valence-corrected chi connectivity index (χ1v) is 31.1. The number of benzene rings is 7. The molecule has 0 amide bonds. The lowest BCUT2D eigenvalue weighted by Crippen LogP contribution is -2.62. The fourth-order valence-corrected chi connectivity index (χ4v) is 16.7. The first kappa shape index (κ1) is 54.1. The van der Waals surface area contributed by atoms with Crippen LogP contribution in [0.15, 0.2) is 127 Å². The molecule has 7 aromatic rings. The van der Waals surface area contributed by atoms with Crippen LogP contribution < -0.4 is 36.0 Å². The van der Waals surface area contributed by atoms with Gasteiger partial charge in [-0.15, -0.1) is 0 Å². The predicted octanol–water partition coefficient (Wildman–Crippen LogP) is 19.1. The maximum Gasteiger partial charge on any atom is 0.252 e. The highest BCUT2D eigenvalue weighted by Crippen LogP contribution is 2.64. The summed E-state index contributed by atoms with van der Waals surface area (Å²) in [6.45, 7) is 43.4. The third-order valence-electron chi connectivity index (χ3n) is 21.9. The van der Waals surface area contributed by atoms with Crippen LogP contribution in [0.25, 0.3) is 0 Å². The number of rotatable bonds is 4. The van der Waals surface area contributed by atoms with Crippen molar-refractivity contribution in [1.29, 1.82) is 0 Å². The van der Waals surface area contributed by atoms with Crippen LogP contribution in [0.1, 0.15) is 207 Å². The third kappa shape index (κ3) is 7.81. The Labute approximate surface area is 488 Å². The molecule has 0 saturated heterocycles. The Hall–Kier alpha value is -6.20. The molecule has 4 aliphatic heterocycles. The number of hydrogen-bond acceptors (Lipinski definition) is 4. The molecule has 13 rings (SSSR count). The maximum absolute atomic E-state index is 2.87. The van der Waals surface area contributed by atoms with Gasteiger partial charge in [0.2, 0.25) is 0 Å². The van der Waals surface area contributed by atoms with E-state index in [1.807, 2.05) is 0 Å². The average Bonchev–Trinajstić information content (AvgIpc) is 1.96. The van der Waals surface area contributed by atoms with Crippen LogP contribution in [-0.4, -0.2) is 17.8 Å². The summed E-state index contributed by atoms with van der Waals surface area (Å²) in [6, 6.07) is 52.3. The van der Waals surface area contributed by atoms with Gasteiger partial charge in [-0.05, 0) is 197 Å². The Balaban J connectivity index is 1.15. The summed E-state index contributed by atoms with van der Waals surface area (Å²) in [7, 11) is 0. The number of fused-ring (bicyclic) bond motifs is 10. The van der Waals surface area contributed by atoms with Crippen LogP contribution in [0, 0.1) is 13.8 Å². The van der Waals surface area contributed by atoms with E-state index < -0.39 is 0 Å². The minimum atomic E-state index is -0.139. The Morgan fingerprint density at radius 2 is 0.901 bits per heavy atom. The Morgan fingerprint density at radius 1 is 0.383 bits per heavy atom. The van der Waals surface area contributed by atoms with Gasteiger partial charge in [0.15, 0.2) is 0 Å². The molecule has 0 aromatic heterocycles. The zero-order valence-electron chi connectivity index (χ0n) is 52.6. The average molecular weight is 1070 g/mol. The summed E-state index contributed by atoms with van der Waals surface area (Å²) < 4.78 is 0. The molecule has 0 bridgehead atoms. The van der Waals surface area contributed by atoms with E-state index in [4.69, 9.17) is 0 Å². The summed E-state index contributed by atoms with van der Waals surface area (Å²) >= 11 is 0. The fourth-order valence-electron chi connectivity index (χ4n) is 16.7. The van der Waals surface area contributed by atoms with Crippen LogP contribution in [0.5, 0.6) is 0 Å². The molecule has 5 heteroatoms. The molecule has 0 radical (unpaired) electrons. The largest absolute Gasteiger partial charge is 0.334 e. The molecule has 4 nitrogen and oxygen atoms in total. The highest BCUT2D eigenvalue weighted by atomic mass is 15.3. The lowest BCUT2D eigenvalue weighted by atomic mass is 9.33. The second-order valence-electron chi connectivity index (χ2n) is 31.1. The van der Waals surface area contributed by atoms with Gasteiger partial charge in [0.05, 0.1) is 11.1 Å². The molecular weight excluding hydrogens is 980 g/mol. The normalized spacial score (nSPS) is 23.9. The summed E-state index contributed by atoms with van der Waals surface area (Å²) in [5, 5.41) is 0. The zero-order valence-corrected chi connectivity index (χ0v) is 52.6. The molecule has 7 aromatic carbocycles. The van der Waals surface area contributed by atoms with Gasteiger partial charge in [-0.2, -0.15) is 0 Å². The minimum Gasteiger partial charge on any atom is -0.334 e. The van der Waals surface area contributed by atoms with Crippen molar-refractivity contribution in [1.82, 2.24) is 0 Å². The van der Waals surface area contributed by atoms with Crippen LogP contribution >= 0.6 is 0 Å². The van der Waals surface area contributed by atoms with E-state index in [1.54, 1.807) is 0 Å². The standard InChI is InChI=1S/C76H91BN4/c1-48-40-49(2)68-59(41-48)74(16)37-20-22-39-76(74,18)81(68)57-46-65-67-66(47-57)79(55-25-23-24-51(42-55)70(6,7)8)64-44-53(72(12,13)14)28-33-60(64)77(67)61-45-56(32-35-63(61)78(65)54-30-26-50(27-31-54)69(3,4)5)80-62-34-29-52(71(9,10)11)43-58(62)73(15)36-19-21-38-75(73,80)17/h23-35,40-47H,19-22,36-39H2,1-18H3. The first-order valence-electron chi connectivity index (χ1n) is 31.1. The lowest BCUT2D eigenvalue weighted by molar-refractivity contribution is 0.195. The van der Waals surface area contributed by atoms with Gasteiger partial charge in [-0.25, -0.2) is 0 Å². The molecule has 2 fully saturated rings. The molecule has 418 valence electrons. The second kappa shape index (κ2) is 17.7. The Bertz CT molecular complexity index is 3730. The molecule has 81 heavy (non-hydrogen) atoms. The predicted molar refractivity (Wildman–Crippen MR) is 350 cm³/mol. The monoisotopic (exact) mass is 1070 g/mol. The molecular formula is C76H91BN4. The molecule has 0 N–H and O–H groups in total. The summed E-state index contributed by atoms with van der Waals surface area (Å²) in [5.41, 5.74) is 27.9. The lowest BCUT2D eigenvalue weighted by Gasteiger charge is -2.51. The smallest absolute Gasteiger partial charge is 0.252 e. The van der Waals surface area contributed by atoms with Gasteiger partial charge in [0.25, 0.3) is 6.71 Å². The van der Waals surface area contributed by atoms with Crippen LogP contribution in [-0.2, 0) is 32.5 Å². The van der Waals surface area contributed by atoms with Crippen molar-refractivity contribution < 1.29 is 0 Å². The van der Waals surface area contributed by atoms with Crippen molar-refractivity contribution >= 4 is 80.0 Å². The fraction of sp³-hybridized carbons (Fsp3) is 0.447. The molecule has 0 spiro atoms. The number of hydrogen-bond donors (Lipinski definition) is 0. The molecule has 4 heterocycles. The topological polar surface area (TPSA) is 13.0 Å². The molecule has 4 unspecified atom stereocenters. The van der Waals surface area contributed by atoms with Gasteiger partial charge < -0.3 is 19.6 Å². The van der Waals surface area contributed by atoms with Gasteiger partial charge in [-0.1, -0.05) is 189 Å². The van der Waals surface area contributed by atoms with E-state index >= 15 is 0 Å². The van der Waals surface area contributed by atoms with Crippen molar-refractivity contribution in [3.05, 3.63) is 172 Å². The molecule has 2 aliphatic carbocycles. The number of aryl methyl sites for hydroxylation is 2. The SMILES string of the molecule is Cc1cc(C)c2c(c1)C1(C)CCCCC1(C)N2c1cc2c3c(c1)N(c1cccc(C(C)(C)C)c1)c1cc(C(C)(C)C)ccc1B3c1cc(N3c4ccc(C(C)(C)C)cc4C4(C)CCCCC34C)ccc1N2c1ccc(C(C)(C)C)cc1. The van der Waals surface area contributed by atoms with Crippen molar-refractivity contribution in [3.63, 3.8) is 0 Å². The summed E-state index contributed by atoms with van der Waals surface area (Å²) in [6.07, 6.45) is 9.65. The molecule has 4 atom stereocenters. The first-order chi connectivity index (χ1) is 38.0. The minimum absolute atomic E-state index is 0.00787. The van der Waals surface area contributed by atoms with E-state index in [0.29, 0.717) is 0 Å². The molecule has 2 saturated carbocycles. The van der Waals surface area contributed by atoms with E-state index in [2.05, 4.69) is 272 Å². The summed E-state index contributed by atoms with van der Waals surface area (Å²) in [4.78, 5) is 11.1. The van der Waals surface area contributed by atoms with E-state index in [-0.39, 0.29) is 50.3 Å². The van der Waals surface area contributed by atoms with Gasteiger partial charge in [0, 0.05) is 67.7 Å². The van der Waals surface area contributed by atoms with Gasteiger partial charge in [0.1, 0.15) is 0 Å². The van der Waals surface area contributed by atoms with Crippen molar-refractivity contribution in [3.8, 4) is 0 Å². The van der Waals surface area contributed by atoms with E-state index in [0.717, 1.165) is 12.8 Å². The Morgan fingerprint density at radius 3 is 1.53 bits per heavy atom. The molecule has 6 aliphatic rings. The maximum atomic E-state index is 2.87. The van der Waals surface area contributed by atoms with Crippen LogP contribution in [0.2, 0.25) is 0 Å². The Kier molecular flexibility index (Phi) is 11.8. The van der Waals surface area contributed by atoms with Crippen LogP contribution in [0.3, 0.4) is 0 Å². The third-order valence-corrected chi connectivity index (χ3v) is 21.9.